The molecular weight excluding hydrogens is 896 g/mol. The van der Waals surface area contributed by atoms with Gasteiger partial charge in [0.1, 0.15) is 83.7 Å². The van der Waals surface area contributed by atoms with Gasteiger partial charge >= 0.3 is 17.3 Å². The van der Waals surface area contributed by atoms with Gasteiger partial charge in [-0.2, -0.15) is 0 Å². The fourth-order valence-electron chi connectivity index (χ4n) is 7.57. The summed E-state index contributed by atoms with van der Waals surface area (Å²) in [6, 6.07) is 12.1. The highest BCUT2D eigenvalue weighted by Gasteiger charge is 2.50. The van der Waals surface area contributed by atoms with Crippen molar-refractivity contribution in [2.24, 2.45) is 0 Å². The number of ether oxygens (including phenoxy) is 9. The number of fused-ring (bicyclic) bond motifs is 1. The van der Waals surface area contributed by atoms with E-state index in [9.17, 15) is 66.1 Å². The lowest BCUT2D eigenvalue weighted by Gasteiger charge is -2.42. The number of rotatable bonds is 14. The van der Waals surface area contributed by atoms with Gasteiger partial charge in [-0.15, -0.1) is 0 Å². The molecule has 7 rings (SSSR count). The van der Waals surface area contributed by atoms with Gasteiger partial charge in [0.05, 0.1) is 45.2 Å². The molecule has 0 aliphatic carbocycles. The third kappa shape index (κ3) is 10.4. The summed E-state index contributed by atoms with van der Waals surface area (Å²) in [5.41, 5.74) is 0.544. The second-order valence-corrected chi connectivity index (χ2v) is 15.8. The molecule has 0 bridgehead atoms. The van der Waals surface area contributed by atoms with Gasteiger partial charge in [-0.05, 0) is 30.7 Å². The van der Waals surface area contributed by atoms with Crippen molar-refractivity contribution < 1.29 is 113 Å². The third-order valence-electron chi connectivity index (χ3n) is 11.3. The van der Waals surface area contributed by atoms with Crippen LogP contribution in [0.5, 0.6) is 40.2 Å². The molecule has 3 saturated heterocycles. The second-order valence-electron chi connectivity index (χ2n) is 15.8. The van der Waals surface area contributed by atoms with E-state index >= 15 is 0 Å². The minimum absolute atomic E-state index is 0.0227. The molecule has 0 amide bonds. The van der Waals surface area contributed by atoms with Crippen molar-refractivity contribution in [2.45, 2.75) is 99.0 Å². The summed E-state index contributed by atoms with van der Waals surface area (Å²) in [6.07, 6.45) is -22.8. The number of aliphatic hydroxyl groups excluding tert-OH is 9. The van der Waals surface area contributed by atoms with Gasteiger partial charge < -0.3 is 104 Å². The summed E-state index contributed by atoms with van der Waals surface area (Å²) >= 11 is 0. The van der Waals surface area contributed by atoms with Crippen LogP contribution in [-0.4, -0.2) is 187 Å². The average Bonchev–Trinajstić information content (AvgIpc) is 3.31. The van der Waals surface area contributed by atoms with Gasteiger partial charge in [-0.1, -0.05) is 12.1 Å². The molecule has 0 saturated carbocycles. The molecule has 4 aromatic rings. The number of phenols is 3. The van der Waals surface area contributed by atoms with Crippen molar-refractivity contribution in [2.75, 3.05) is 27.4 Å². The number of methoxy groups -OCH3 is 2. The minimum Gasteiger partial charge on any atom is -0.508 e. The number of hydrogen-bond acceptors (Lipinski definition) is 22. The van der Waals surface area contributed by atoms with E-state index in [1.54, 1.807) is 12.1 Å². The summed E-state index contributed by atoms with van der Waals surface area (Å²) in [7, 11) is 2.53. The maximum atomic E-state index is 12.6. The normalized spacial score (nSPS) is 32.2. The monoisotopic (exact) mass is 947 g/mol. The highest BCUT2D eigenvalue weighted by molar-refractivity contribution is 5.89. The predicted molar refractivity (Wildman–Crippen MR) is 224 cm³/mol. The van der Waals surface area contributed by atoms with Crippen LogP contribution in [0.4, 0.5) is 0 Å². The third-order valence-corrected chi connectivity index (χ3v) is 11.3. The van der Waals surface area contributed by atoms with E-state index in [2.05, 4.69) is 0 Å². The molecule has 23 heteroatoms. The first kappa shape index (κ1) is 49.3. The zero-order valence-corrected chi connectivity index (χ0v) is 35.8. The highest BCUT2D eigenvalue weighted by atomic mass is 16.7. The molecular formula is C44H51O23+. The Morgan fingerprint density at radius 3 is 1.85 bits per heavy atom. The van der Waals surface area contributed by atoms with E-state index < -0.39 is 117 Å². The molecule has 364 valence electrons. The van der Waals surface area contributed by atoms with Crippen molar-refractivity contribution in [3.05, 3.63) is 66.2 Å². The van der Waals surface area contributed by atoms with Gasteiger partial charge in [0, 0.05) is 30.3 Å². The van der Waals surface area contributed by atoms with Crippen LogP contribution in [0.25, 0.3) is 28.4 Å². The van der Waals surface area contributed by atoms with Gasteiger partial charge in [0.2, 0.25) is 24.1 Å². The van der Waals surface area contributed by atoms with Crippen molar-refractivity contribution >= 4 is 23.0 Å². The number of hydrogen-bond donors (Lipinski definition) is 12. The zero-order chi connectivity index (χ0) is 48.4. The minimum atomic E-state index is -1.99. The Balaban J connectivity index is 1.14. The fourth-order valence-corrected chi connectivity index (χ4v) is 7.57. The van der Waals surface area contributed by atoms with Crippen LogP contribution >= 0.6 is 0 Å². The Kier molecular flexibility index (Phi) is 15.2. The second kappa shape index (κ2) is 20.7. The lowest BCUT2D eigenvalue weighted by molar-refractivity contribution is -0.319. The van der Waals surface area contributed by atoms with Gasteiger partial charge in [0.15, 0.2) is 23.9 Å². The standard InChI is InChI=1S/C44H50O23/c1-17-40(67-30(48)9-6-18-4-7-20(46)8-5-18)36(54)39(57)42(61-17)60-16-29-33(51)35(53)38(56)44(66-29)64-27-14-22-23(62-41(27)19-10-25(58-2)31(49)26(11-19)59-3)12-21(47)13-24(22)63-43-37(55)34(52)32(50)28(15-45)65-43/h4-14,17,28-29,32-40,42-45,50-57H,15-16H2,1-3H3,(H2-,46,47,48,49)/p+1/t17?,28?,29?,32-,33-,34+,35?,36-,37?,38?,39?,40+,42-,43-,44-/m1/s1. The molecule has 15 atom stereocenters. The van der Waals surface area contributed by atoms with Gasteiger partial charge in [0.25, 0.3) is 0 Å². The summed E-state index contributed by atoms with van der Waals surface area (Å²) in [6.45, 7) is 0.00727. The summed E-state index contributed by atoms with van der Waals surface area (Å²) in [4.78, 5) is 12.6. The fraction of sp³-hybridized carbons (Fsp3) is 0.455. The van der Waals surface area contributed by atoms with E-state index in [0.29, 0.717) is 5.56 Å². The number of phenolic OH excluding ortho intramolecular Hbond substituents is 3. The molecule has 4 heterocycles. The van der Waals surface area contributed by atoms with E-state index in [4.69, 9.17) is 47.0 Å². The van der Waals surface area contributed by atoms with E-state index in [1.165, 1.54) is 63.6 Å². The van der Waals surface area contributed by atoms with Crippen LogP contribution in [0.2, 0.25) is 0 Å². The first-order chi connectivity index (χ1) is 31.9. The molecule has 3 aliphatic rings. The summed E-state index contributed by atoms with van der Waals surface area (Å²) in [5.74, 6) is -2.64. The molecule has 3 aliphatic heterocycles. The Hall–Kier alpha value is -5.64. The average molecular weight is 948 g/mol. The lowest BCUT2D eigenvalue weighted by Crippen LogP contribution is -2.62. The highest BCUT2D eigenvalue weighted by Crippen LogP contribution is 2.46. The van der Waals surface area contributed by atoms with Crippen LogP contribution < -0.4 is 18.9 Å². The summed E-state index contributed by atoms with van der Waals surface area (Å²) in [5, 5.41) is 127. The smallest absolute Gasteiger partial charge is 0.402 e. The van der Waals surface area contributed by atoms with Crippen LogP contribution in [-0.2, 0) is 28.5 Å². The van der Waals surface area contributed by atoms with E-state index in [1.807, 2.05) is 0 Å². The Morgan fingerprint density at radius 1 is 0.657 bits per heavy atom. The maximum absolute atomic E-state index is 12.6. The first-order valence-electron chi connectivity index (χ1n) is 20.7. The molecule has 23 nitrogen and oxygen atoms in total. The summed E-state index contributed by atoms with van der Waals surface area (Å²) < 4.78 is 57.1. The van der Waals surface area contributed by atoms with Crippen LogP contribution in [0.15, 0.2) is 65.1 Å². The van der Waals surface area contributed by atoms with Crippen molar-refractivity contribution in [3.63, 3.8) is 0 Å². The van der Waals surface area contributed by atoms with Gasteiger partial charge in [-0.3, -0.25) is 0 Å². The number of carbonyl (C=O) groups excluding carboxylic acids is 1. The number of aromatic hydroxyl groups is 3. The largest absolute Gasteiger partial charge is 0.508 e. The van der Waals surface area contributed by atoms with E-state index in [-0.39, 0.29) is 56.8 Å². The quantitative estimate of drug-likeness (QED) is 0.0409. The first-order valence-corrected chi connectivity index (χ1v) is 20.7. The molecule has 0 radical (unpaired) electrons. The number of benzene rings is 3. The molecule has 12 N–H and O–H groups in total. The topological polar surface area (TPSA) is 354 Å². The Labute approximate surface area is 379 Å². The SMILES string of the molecule is COc1cc(-c2[o+]c3cc(O)cc(O[C@@H]4OC(CO)[C@@H](O)[C@H](O)C4O)c3cc2O[C@@H]2OC(CO[C@@H]3OC(C)[C@H](OC(=O)/C=C/c4ccc(O)cc4)[C@H](O)C3O)[C@@H](O)C(O)C2O)cc(OC)c1O. The number of carbonyl (C=O) groups is 1. The van der Waals surface area contributed by atoms with Gasteiger partial charge in [-0.25, -0.2) is 9.21 Å². The van der Waals surface area contributed by atoms with Crippen LogP contribution in [0.1, 0.15) is 12.5 Å². The molecule has 3 aromatic carbocycles. The van der Waals surface area contributed by atoms with E-state index in [0.717, 1.165) is 12.1 Å². The van der Waals surface area contributed by atoms with Crippen LogP contribution in [0, 0.1) is 0 Å². The molecule has 67 heavy (non-hydrogen) atoms. The lowest BCUT2D eigenvalue weighted by atomic mass is 9.98. The number of aliphatic hydroxyl groups is 9. The molecule has 0 spiro atoms. The van der Waals surface area contributed by atoms with Crippen molar-refractivity contribution in [3.8, 4) is 51.6 Å². The Bertz CT molecular complexity index is 2350. The maximum Gasteiger partial charge on any atom is 0.402 e. The molecule has 1 aromatic heterocycles. The number of esters is 1. The molecule has 7 unspecified atom stereocenters. The predicted octanol–water partition coefficient (Wildman–Crippen LogP) is -1.01. The Morgan fingerprint density at radius 2 is 1.24 bits per heavy atom. The van der Waals surface area contributed by atoms with Crippen molar-refractivity contribution in [1.29, 1.82) is 0 Å². The van der Waals surface area contributed by atoms with Crippen molar-refractivity contribution in [1.82, 2.24) is 0 Å². The molecule has 3 fully saturated rings. The van der Waals surface area contributed by atoms with Crippen LogP contribution in [0.3, 0.4) is 0 Å². The zero-order valence-electron chi connectivity index (χ0n) is 35.8.